The zero-order chi connectivity index (χ0) is 24.0. The molecule has 1 aliphatic heterocycles. The van der Waals surface area contributed by atoms with E-state index >= 15 is 0 Å². The summed E-state index contributed by atoms with van der Waals surface area (Å²) in [6.45, 7) is 5.96. The van der Waals surface area contributed by atoms with Gasteiger partial charge in [0.15, 0.2) is 0 Å². The molecular weight excluding hydrogens is 446 g/mol. The molecule has 0 N–H and O–H groups in total. The number of carbonyl (C=O) groups excluding carboxylic acids is 1. The van der Waals surface area contributed by atoms with Gasteiger partial charge in [0.25, 0.3) is 15.9 Å². The van der Waals surface area contributed by atoms with Crippen molar-refractivity contribution in [2.24, 2.45) is 0 Å². The van der Waals surface area contributed by atoms with Crippen molar-refractivity contribution in [2.45, 2.75) is 24.8 Å². The Morgan fingerprint density at radius 1 is 0.853 bits per heavy atom. The van der Waals surface area contributed by atoms with Gasteiger partial charge in [-0.25, -0.2) is 8.42 Å². The first kappa shape index (κ1) is 24.0. The van der Waals surface area contributed by atoms with Gasteiger partial charge in [-0.15, -0.1) is 0 Å². The van der Waals surface area contributed by atoms with Crippen LogP contribution in [-0.4, -0.2) is 56.8 Å². The number of para-hydroxylation sites is 1. The van der Waals surface area contributed by atoms with Crippen LogP contribution < -0.4 is 4.31 Å². The van der Waals surface area contributed by atoms with E-state index in [1.807, 2.05) is 41.3 Å². The molecule has 1 heterocycles. The molecule has 0 radical (unpaired) electrons. The molecule has 7 heteroatoms. The Bertz CT molecular complexity index is 1200. The Morgan fingerprint density at radius 2 is 1.56 bits per heavy atom. The van der Waals surface area contributed by atoms with Crippen molar-refractivity contribution < 1.29 is 13.2 Å². The van der Waals surface area contributed by atoms with Crippen LogP contribution in [0, 0.1) is 0 Å². The maximum absolute atomic E-state index is 13.4. The average molecular weight is 478 g/mol. The van der Waals surface area contributed by atoms with E-state index in [2.05, 4.69) is 17.0 Å². The number of anilines is 1. The minimum Gasteiger partial charge on any atom is -0.337 e. The molecule has 4 rings (SSSR count). The van der Waals surface area contributed by atoms with Crippen LogP contribution in [0.5, 0.6) is 0 Å². The number of carbonyl (C=O) groups is 1. The molecule has 3 aromatic carbocycles. The van der Waals surface area contributed by atoms with Gasteiger partial charge in [-0.2, -0.15) is 0 Å². The summed E-state index contributed by atoms with van der Waals surface area (Å²) < 4.78 is 28.1. The first-order valence-electron chi connectivity index (χ1n) is 11.7. The van der Waals surface area contributed by atoms with Gasteiger partial charge in [-0.05, 0) is 49.2 Å². The molecular formula is C27H31N3O3S. The fourth-order valence-corrected chi connectivity index (χ4v) is 5.88. The second-order valence-electron chi connectivity index (χ2n) is 8.44. The highest BCUT2D eigenvalue weighted by Gasteiger charge is 2.26. The summed E-state index contributed by atoms with van der Waals surface area (Å²) in [5.74, 6) is -0.124. The van der Waals surface area contributed by atoms with E-state index in [4.69, 9.17) is 0 Å². The van der Waals surface area contributed by atoms with Crippen molar-refractivity contribution in [3.05, 3.63) is 96.1 Å². The van der Waals surface area contributed by atoms with Gasteiger partial charge in [0.05, 0.1) is 10.6 Å². The normalized spacial score (nSPS) is 15.0. The zero-order valence-electron chi connectivity index (χ0n) is 19.5. The van der Waals surface area contributed by atoms with E-state index in [0.29, 0.717) is 30.9 Å². The van der Waals surface area contributed by atoms with Crippen LogP contribution in [0.15, 0.2) is 89.8 Å². The van der Waals surface area contributed by atoms with Crippen molar-refractivity contribution in [2.75, 3.05) is 37.0 Å². The lowest BCUT2D eigenvalue weighted by Crippen LogP contribution is -2.35. The minimum absolute atomic E-state index is 0.124. The van der Waals surface area contributed by atoms with E-state index in [1.165, 1.54) is 15.9 Å². The van der Waals surface area contributed by atoms with Crippen LogP contribution in [-0.2, 0) is 16.6 Å². The third-order valence-electron chi connectivity index (χ3n) is 6.13. The van der Waals surface area contributed by atoms with Gasteiger partial charge in [0.2, 0.25) is 0 Å². The fourth-order valence-electron chi connectivity index (χ4n) is 4.36. The van der Waals surface area contributed by atoms with Crippen molar-refractivity contribution in [1.29, 1.82) is 0 Å². The third kappa shape index (κ3) is 5.48. The molecule has 178 valence electrons. The Balaban J connectivity index is 1.48. The first-order valence-corrected chi connectivity index (χ1v) is 13.2. The van der Waals surface area contributed by atoms with Crippen LogP contribution in [0.1, 0.15) is 29.3 Å². The molecule has 0 aromatic heterocycles. The SMILES string of the molecule is CCN(c1ccccc1)S(=O)(=O)c1cccc(C(=O)N2CCCN(Cc3ccccc3)CC2)c1. The zero-order valence-corrected chi connectivity index (χ0v) is 20.3. The van der Waals surface area contributed by atoms with Gasteiger partial charge < -0.3 is 4.90 Å². The Morgan fingerprint density at radius 3 is 2.26 bits per heavy atom. The Kier molecular flexibility index (Phi) is 7.65. The van der Waals surface area contributed by atoms with Crippen LogP contribution in [0.2, 0.25) is 0 Å². The molecule has 1 aliphatic rings. The molecule has 34 heavy (non-hydrogen) atoms. The lowest BCUT2D eigenvalue weighted by Gasteiger charge is -2.24. The third-order valence-corrected chi connectivity index (χ3v) is 8.02. The molecule has 0 spiro atoms. The summed E-state index contributed by atoms with van der Waals surface area (Å²) >= 11 is 0. The standard InChI is InChI=1S/C27H31N3O3S/c1-2-30(25-14-7-4-8-15-25)34(32,33)26-16-9-13-24(21-26)27(31)29-18-10-17-28(19-20-29)22-23-11-5-3-6-12-23/h3-9,11-16,21H,2,10,17-20,22H2,1H3. The minimum atomic E-state index is -3.79. The van der Waals surface area contributed by atoms with Crippen molar-refractivity contribution in [3.63, 3.8) is 0 Å². The van der Waals surface area contributed by atoms with Gasteiger partial charge in [-0.3, -0.25) is 14.0 Å². The van der Waals surface area contributed by atoms with Crippen molar-refractivity contribution >= 4 is 21.6 Å². The lowest BCUT2D eigenvalue weighted by molar-refractivity contribution is 0.0761. The van der Waals surface area contributed by atoms with Gasteiger partial charge >= 0.3 is 0 Å². The molecule has 0 aliphatic carbocycles. The number of sulfonamides is 1. The number of benzene rings is 3. The summed E-state index contributed by atoms with van der Waals surface area (Å²) in [6.07, 6.45) is 0.883. The average Bonchev–Trinajstić information content (AvgIpc) is 3.11. The monoisotopic (exact) mass is 477 g/mol. The molecule has 1 saturated heterocycles. The summed E-state index contributed by atoms with van der Waals surface area (Å²) in [6, 6.07) is 25.8. The maximum atomic E-state index is 13.4. The Labute approximate surface area is 202 Å². The van der Waals surface area contributed by atoms with E-state index in [9.17, 15) is 13.2 Å². The lowest BCUT2D eigenvalue weighted by atomic mass is 10.2. The summed E-state index contributed by atoms with van der Waals surface area (Å²) in [5, 5.41) is 0. The molecule has 6 nitrogen and oxygen atoms in total. The largest absolute Gasteiger partial charge is 0.337 e. The molecule has 0 atom stereocenters. The molecule has 1 amide bonds. The van der Waals surface area contributed by atoms with Crippen LogP contribution in [0.3, 0.4) is 0 Å². The van der Waals surface area contributed by atoms with Crippen molar-refractivity contribution in [1.82, 2.24) is 9.80 Å². The van der Waals surface area contributed by atoms with Crippen LogP contribution in [0.4, 0.5) is 5.69 Å². The fraction of sp³-hybridized carbons (Fsp3) is 0.296. The smallest absolute Gasteiger partial charge is 0.264 e. The number of nitrogens with zero attached hydrogens (tertiary/aromatic N) is 3. The van der Waals surface area contributed by atoms with E-state index in [-0.39, 0.29) is 10.8 Å². The number of rotatable bonds is 7. The molecule has 3 aromatic rings. The molecule has 1 fully saturated rings. The second kappa shape index (κ2) is 10.8. The summed E-state index contributed by atoms with van der Waals surface area (Å²) in [7, 11) is -3.79. The van der Waals surface area contributed by atoms with E-state index < -0.39 is 10.0 Å². The first-order chi connectivity index (χ1) is 16.5. The second-order valence-corrected chi connectivity index (χ2v) is 10.3. The van der Waals surface area contributed by atoms with Gasteiger partial charge in [-0.1, -0.05) is 54.6 Å². The molecule has 0 unspecified atom stereocenters. The predicted octanol–water partition coefficient (Wildman–Crippen LogP) is 4.25. The number of amides is 1. The number of hydrogen-bond acceptors (Lipinski definition) is 4. The highest BCUT2D eigenvalue weighted by atomic mass is 32.2. The number of hydrogen-bond donors (Lipinski definition) is 0. The summed E-state index contributed by atoms with van der Waals surface area (Å²) in [5.41, 5.74) is 2.27. The highest BCUT2D eigenvalue weighted by molar-refractivity contribution is 7.92. The van der Waals surface area contributed by atoms with Crippen molar-refractivity contribution in [3.8, 4) is 0 Å². The van der Waals surface area contributed by atoms with Crippen LogP contribution >= 0.6 is 0 Å². The highest BCUT2D eigenvalue weighted by Crippen LogP contribution is 2.24. The van der Waals surface area contributed by atoms with Crippen LogP contribution in [0.25, 0.3) is 0 Å². The summed E-state index contributed by atoms with van der Waals surface area (Å²) in [4.78, 5) is 17.6. The maximum Gasteiger partial charge on any atom is 0.264 e. The van der Waals surface area contributed by atoms with E-state index in [1.54, 1.807) is 37.3 Å². The molecule has 0 saturated carbocycles. The predicted molar refractivity (Wildman–Crippen MR) is 135 cm³/mol. The van der Waals surface area contributed by atoms with Gasteiger partial charge in [0, 0.05) is 44.8 Å². The van der Waals surface area contributed by atoms with Gasteiger partial charge in [0.1, 0.15) is 0 Å². The quantitative estimate of drug-likeness (QED) is 0.510. The molecule has 0 bridgehead atoms. The Hall–Kier alpha value is -3.16. The topological polar surface area (TPSA) is 60.9 Å². The van der Waals surface area contributed by atoms with E-state index in [0.717, 1.165) is 26.1 Å².